The van der Waals surface area contributed by atoms with Crippen LogP contribution in [-0.4, -0.2) is 19.9 Å². The summed E-state index contributed by atoms with van der Waals surface area (Å²) in [6.45, 7) is -2.65. The van der Waals surface area contributed by atoms with Crippen LogP contribution in [-0.2, 0) is 13.6 Å². The van der Waals surface area contributed by atoms with Gasteiger partial charge >= 0.3 is 0 Å². The highest BCUT2D eigenvalue weighted by atomic mass is 16.3. The highest BCUT2D eigenvalue weighted by Crippen LogP contribution is 1.83. The molecule has 44 valence electrons. The summed E-state index contributed by atoms with van der Waals surface area (Å²) in [5.41, 5.74) is 0. The Morgan fingerprint density at radius 3 is 3.38 bits per heavy atom. The van der Waals surface area contributed by atoms with Crippen molar-refractivity contribution in [1.82, 2.24) is 14.8 Å². The largest absolute Gasteiger partial charge is 0.388 e. The van der Waals surface area contributed by atoms with E-state index < -0.39 is 6.98 Å². The fraction of sp³-hybridized carbons (Fsp3) is 0.500. The van der Waals surface area contributed by atoms with Gasteiger partial charge in [-0.05, 0) is 0 Å². The van der Waals surface area contributed by atoms with Crippen LogP contribution in [0.5, 0.6) is 0 Å². The molecule has 1 rings (SSSR count). The Morgan fingerprint density at radius 2 is 3.00 bits per heavy atom. The number of rotatable bonds is 1. The van der Waals surface area contributed by atoms with E-state index in [9.17, 15) is 0 Å². The van der Waals surface area contributed by atoms with Gasteiger partial charge in [-0.1, -0.05) is 0 Å². The Hall–Kier alpha value is -0.900. The van der Waals surface area contributed by atoms with Crippen molar-refractivity contribution in [3.05, 3.63) is 12.2 Å². The number of aliphatic hydroxyl groups excluding tert-OH is 1. The highest BCUT2D eigenvalue weighted by Gasteiger charge is 1.91. The summed E-state index contributed by atoms with van der Waals surface area (Å²) in [5.74, 6) is 0.112. The van der Waals surface area contributed by atoms with Crippen LogP contribution in [0, 0.1) is 0 Å². The minimum atomic E-state index is -2.31. The third-order valence-corrected chi connectivity index (χ3v) is 0.681. The van der Waals surface area contributed by atoms with Crippen molar-refractivity contribution in [2.75, 3.05) is 0 Å². The summed E-state index contributed by atoms with van der Waals surface area (Å²) in [6.07, 6.45) is 1.07. The second kappa shape index (κ2) is 1.92. The Morgan fingerprint density at radius 1 is 2.12 bits per heavy atom. The molecule has 0 spiro atoms. The van der Waals surface area contributed by atoms with E-state index in [0.717, 1.165) is 11.0 Å². The van der Waals surface area contributed by atoms with Crippen LogP contribution >= 0.6 is 0 Å². The molecule has 0 amide bonds. The van der Waals surface area contributed by atoms with E-state index in [1.54, 1.807) is 0 Å². The van der Waals surface area contributed by atoms with E-state index >= 15 is 0 Å². The lowest BCUT2D eigenvalue weighted by molar-refractivity contribution is 0.271. The first-order chi connectivity index (χ1) is 5.04. The average molecular weight is 116 g/mol. The molecule has 0 aliphatic carbocycles. The zero-order valence-electron chi connectivity index (χ0n) is 7.07. The fourth-order valence-corrected chi connectivity index (χ4v) is 0.370. The predicted molar refractivity (Wildman–Crippen MR) is 26.9 cm³/mol. The molecule has 0 aliphatic rings. The topological polar surface area (TPSA) is 50.9 Å². The highest BCUT2D eigenvalue weighted by molar-refractivity contribution is 4.75. The molecule has 4 nitrogen and oxygen atoms in total. The molecule has 0 aliphatic heterocycles. The van der Waals surface area contributed by atoms with Gasteiger partial charge in [0.25, 0.3) is 0 Å². The van der Waals surface area contributed by atoms with Crippen molar-refractivity contribution in [3.63, 3.8) is 0 Å². The Kier molecular flexibility index (Phi) is 0.620. The lowest BCUT2D eigenvalue weighted by atomic mass is 10.7. The third-order valence-electron chi connectivity index (χ3n) is 0.681. The molecule has 0 aromatic carbocycles. The van der Waals surface area contributed by atoms with Gasteiger partial charge in [-0.25, -0.2) is 4.98 Å². The molecule has 4 heteroatoms. The first kappa shape index (κ1) is 2.59. The lowest BCUT2D eigenvalue weighted by Gasteiger charge is -1.80. The minimum absolute atomic E-state index is 0.112. The van der Waals surface area contributed by atoms with Crippen molar-refractivity contribution >= 4 is 0 Å². The maximum atomic E-state index is 8.49. The molecule has 0 bridgehead atoms. The molecule has 8 heavy (non-hydrogen) atoms. The number of aliphatic hydroxyl groups is 1. The second-order valence-electron chi connectivity index (χ2n) is 1.26. The van der Waals surface area contributed by atoms with Gasteiger partial charge in [-0.3, -0.25) is 4.68 Å². The van der Waals surface area contributed by atoms with Gasteiger partial charge in [0.1, 0.15) is 12.9 Å². The third kappa shape index (κ3) is 0.840. The zero-order chi connectivity index (χ0) is 8.48. The monoisotopic (exact) mass is 116 g/mol. The van der Waals surface area contributed by atoms with Crippen LogP contribution in [0.15, 0.2) is 6.33 Å². The summed E-state index contributed by atoms with van der Waals surface area (Å²) in [7, 11) is 0. The van der Waals surface area contributed by atoms with Crippen molar-refractivity contribution in [2.24, 2.45) is 6.98 Å². The number of aryl methyl sites for hydroxylation is 1. The Bertz CT molecular complexity index is 243. The van der Waals surface area contributed by atoms with Crippen molar-refractivity contribution in [3.8, 4) is 0 Å². The normalized spacial score (nSPS) is 16.9. The van der Waals surface area contributed by atoms with E-state index in [-0.39, 0.29) is 12.4 Å². The van der Waals surface area contributed by atoms with Gasteiger partial charge < -0.3 is 5.11 Å². The van der Waals surface area contributed by atoms with Crippen LogP contribution in [0.1, 0.15) is 9.94 Å². The second-order valence-corrected chi connectivity index (χ2v) is 1.26. The molecule has 1 heterocycles. The van der Waals surface area contributed by atoms with Crippen LogP contribution in [0.4, 0.5) is 0 Å². The minimum Gasteiger partial charge on any atom is -0.388 e. The smallest absolute Gasteiger partial charge is 0.175 e. The standard InChI is InChI=1S/C4H7N3O/c1-7-3-5-4(2-8)6-7/h3,8H,2H2,1H3/i1D3. The van der Waals surface area contributed by atoms with Gasteiger partial charge in [-0.2, -0.15) is 5.10 Å². The van der Waals surface area contributed by atoms with Crippen molar-refractivity contribution in [1.29, 1.82) is 0 Å². The zero-order valence-corrected chi connectivity index (χ0v) is 4.07. The van der Waals surface area contributed by atoms with Crippen LogP contribution < -0.4 is 0 Å². The first-order valence-corrected chi connectivity index (χ1v) is 2.06. The van der Waals surface area contributed by atoms with Crippen molar-refractivity contribution < 1.29 is 9.22 Å². The lowest BCUT2D eigenvalue weighted by Crippen LogP contribution is -1.90. The molecule has 1 aromatic heterocycles. The van der Waals surface area contributed by atoms with Gasteiger partial charge in [0.2, 0.25) is 0 Å². The summed E-state index contributed by atoms with van der Waals surface area (Å²) in [4.78, 5) is 3.54. The molecule has 0 saturated heterocycles. The number of nitrogens with zero attached hydrogens (tertiary/aromatic N) is 3. The quantitative estimate of drug-likeness (QED) is 0.528. The van der Waals surface area contributed by atoms with E-state index in [0.29, 0.717) is 0 Å². The maximum absolute atomic E-state index is 8.49. The predicted octanol–water partition coefficient (Wildman–Crippen LogP) is -0.693. The molecule has 0 radical (unpaired) electrons. The molecule has 1 aromatic rings. The van der Waals surface area contributed by atoms with E-state index in [2.05, 4.69) is 10.1 Å². The molecule has 0 atom stereocenters. The van der Waals surface area contributed by atoms with Gasteiger partial charge in [-0.15, -0.1) is 0 Å². The number of hydrogen-bond donors (Lipinski definition) is 1. The molecular weight excluding hydrogens is 106 g/mol. The molecule has 0 unspecified atom stereocenters. The van der Waals surface area contributed by atoms with Gasteiger partial charge in [0.15, 0.2) is 5.82 Å². The summed E-state index contributed by atoms with van der Waals surface area (Å²) < 4.78 is 21.4. The van der Waals surface area contributed by atoms with Crippen LogP contribution in [0.25, 0.3) is 0 Å². The number of aromatic nitrogens is 3. The maximum Gasteiger partial charge on any atom is 0.175 e. The molecule has 0 saturated carbocycles. The van der Waals surface area contributed by atoms with Crippen LogP contribution in [0.2, 0.25) is 0 Å². The Balaban J connectivity index is 2.89. The fourth-order valence-electron chi connectivity index (χ4n) is 0.370. The summed E-state index contributed by atoms with van der Waals surface area (Å²) in [6, 6.07) is 0. The first-order valence-electron chi connectivity index (χ1n) is 3.56. The summed E-state index contributed by atoms with van der Waals surface area (Å²) >= 11 is 0. The molecular formula is C4H7N3O. The van der Waals surface area contributed by atoms with Crippen molar-refractivity contribution in [2.45, 2.75) is 6.61 Å². The van der Waals surface area contributed by atoms with Gasteiger partial charge in [0.05, 0.1) is 0 Å². The molecule has 1 N–H and O–H groups in total. The van der Waals surface area contributed by atoms with E-state index in [4.69, 9.17) is 9.22 Å². The average Bonchev–Trinajstić information content (AvgIpc) is 2.32. The van der Waals surface area contributed by atoms with E-state index in [1.807, 2.05) is 0 Å². The van der Waals surface area contributed by atoms with E-state index in [1.165, 1.54) is 0 Å². The summed E-state index contributed by atoms with van der Waals surface area (Å²) in [5, 5.41) is 12.0. The molecule has 0 fully saturated rings. The number of hydrogen-bond acceptors (Lipinski definition) is 3. The Labute approximate surface area is 51.0 Å². The van der Waals surface area contributed by atoms with Crippen LogP contribution in [0.3, 0.4) is 0 Å². The SMILES string of the molecule is [2H]C([2H])([2H])n1cnc(CO)n1. The van der Waals surface area contributed by atoms with Gasteiger partial charge in [0, 0.05) is 11.1 Å².